The number of amides is 1. The van der Waals surface area contributed by atoms with Crippen LogP contribution in [0.1, 0.15) is 23.2 Å². The van der Waals surface area contributed by atoms with E-state index in [0.29, 0.717) is 24.0 Å². The molecule has 0 saturated carbocycles. The van der Waals surface area contributed by atoms with E-state index < -0.39 is 23.7 Å². The zero-order valence-corrected chi connectivity index (χ0v) is 15.0. The molecule has 0 heterocycles. The van der Waals surface area contributed by atoms with Gasteiger partial charge in [-0.2, -0.15) is 0 Å². The van der Waals surface area contributed by atoms with Crippen molar-refractivity contribution in [1.82, 2.24) is 0 Å². The van der Waals surface area contributed by atoms with Crippen molar-refractivity contribution in [2.45, 2.75) is 19.1 Å². The van der Waals surface area contributed by atoms with Gasteiger partial charge in [-0.15, -0.1) is 0 Å². The van der Waals surface area contributed by atoms with E-state index in [2.05, 4.69) is 21.2 Å². The molecule has 0 spiro atoms. The van der Waals surface area contributed by atoms with Crippen LogP contribution in [0, 0.1) is 0 Å². The summed E-state index contributed by atoms with van der Waals surface area (Å²) in [7, 11) is 1.38. The van der Waals surface area contributed by atoms with Crippen molar-refractivity contribution >= 4 is 33.3 Å². The molecular formula is C17H18BrNO6. The van der Waals surface area contributed by atoms with E-state index in [1.807, 2.05) is 0 Å². The van der Waals surface area contributed by atoms with Crippen LogP contribution in [0.3, 0.4) is 0 Å². The first-order valence-corrected chi connectivity index (χ1v) is 8.56. The number of ether oxygens (including phenoxy) is 1. The molecule has 1 aromatic carbocycles. The fraction of sp³-hybridized carbons (Fsp3) is 0.294. The molecule has 25 heavy (non-hydrogen) atoms. The normalized spacial score (nSPS) is 15.2. The Morgan fingerprint density at radius 3 is 2.48 bits per heavy atom. The maximum absolute atomic E-state index is 12.8. The number of phenols is 2. The minimum Gasteiger partial charge on any atom is -0.504 e. The molecule has 1 aliphatic carbocycles. The predicted octanol–water partition coefficient (Wildman–Crippen LogP) is 2.23. The van der Waals surface area contributed by atoms with Gasteiger partial charge in [0.15, 0.2) is 23.6 Å². The van der Waals surface area contributed by atoms with Crippen LogP contribution in [0.2, 0.25) is 0 Å². The number of nitrogens with one attached hydrogen (secondary N) is 1. The summed E-state index contributed by atoms with van der Waals surface area (Å²) >= 11 is 3.01. The van der Waals surface area contributed by atoms with Crippen LogP contribution in [0.25, 0.3) is 0 Å². The largest absolute Gasteiger partial charge is 0.504 e. The van der Waals surface area contributed by atoms with Crippen LogP contribution in [0.15, 0.2) is 35.4 Å². The molecule has 1 amide bonds. The van der Waals surface area contributed by atoms with E-state index in [0.717, 1.165) is 12.1 Å². The second-order valence-corrected chi connectivity index (χ2v) is 5.98. The van der Waals surface area contributed by atoms with Gasteiger partial charge >= 0.3 is 0 Å². The number of carbonyl (C=O) groups is 2. The molecule has 1 aromatic rings. The number of aliphatic hydroxyl groups excluding tert-OH is 1. The lowest BCUT2D eigenvalue weighted by Crippen LogP contribution is -2.18. The Labute approximate surface area is 152 Å². The number of anilines is 1. The van der Waals surface area contributed by atoms with Crippen molar-refractivity contribution in [1.29, 1.82) is 0 Å². The number of rotatable bonds is 6. The van der Waals surface area contributed by atoms with Gasteiger partial charge in [0.25, 0.3) is 0 Å². The number of aliphatic hydroxyl groups is 1. The van der Waals surface area contributed by atoms with Gasteiger partial charge in [-0.3, -0.25) is 9.59 Å². The molecule has 0 aromatic heterocycles. The topological polar surface area (TPSA) is 116 Å². The van der Waals surface area contributed by atoms with Crippen molar-refractivity contribution < 1.29 is 29.6 Å². The highest BCUT2D eigenvalue weighted by Crippen LogP contribution is 2.34. The molecule has 2 rings (SSSR count). The summed E-state index contributed by atoms with van der Waals surface area (Å²) in [6, 6.07) is 2.24. The summed E-state index contributed by atoms with van der Waals surface area (Å²) in [6.07, 6.45) is 2.99. The third-order valence-corrected chi connectivity index (χ3v) is 4.28. The first-order chi connectivity index (χ1) is 11.9. The second-order valence-electron chi connectivity index (χ2n) is 5.42. The number of ketones is 1. The Morgan fingerprint density at radius 1 is 1.24 bits per heavy atom. The molecular weight excluding hydrogens is 394 g/mol. The quantitative estimate of drug-likeness (QED) is 0.187. The molecule has 8 heteroatoms. The average Bonchev–Trinajstić information content (AvgIpc) is 2.63. The molecule has 0 bridgehead atoms. The van der Waals surface area contributed by atoms with E-state index in [1.165, 1.54) is 7.11 Å². The highest BCUT2D eigenvalue weighted by atomic mass is 79.9. The van der Waals surface area contributed by atoms with E-state index in [-0.39, 0.29) is 22.4 Å². The minimum absolute atomic E-state index is 0.0198. The Balaban J connectivity index is 2.36. The number of phenolic OH excluding ortho intramolecular Hbond substituents is 2. The summed E-state index contributed by atoms with van der Waals surface area (Å²) in [6.45, 7) is 0. The van der Waals surface area contributed by atoms with E-state index >= 15 is 0 Å². The van der Waals surface area contributed by atoms with Crippen LogP contribution in [0.5, 0.6) is 11.5 Å². The summed E-state index contributed by atoms with van der Waals surface area (Å²) in [5.41, 5.74) is 1.28. The predicted molar refractivity (Wildman–Crippen MR) is 94.9 cm³/mol. The zero-order chi connectivity index (χ0) is 18.6. The monoisotopic (exact) mass is 411 g/mol. The second kappa shape index (κ2) is 8.28. The molecule has 0 saturated heterocycles. The van der Waals surface area contributed by atoms with E-state index in [1.54, 1.807) is 12.2 Å². The lowest BCUT2D eigenvalue weighted by atomic mass is 9.91. The number of halogens is 1. The Hall–Kier alpha value is -2.16. The summed E-state index contributed by atoms with van der Waals surface area (Å²) in [5, 5.41) is 31.5. The molecule has 4 N–H and O–H groups in total. The maximum atomic E-state index is 12.8. The van der Waals surface area contributed by atoms with Gasteiger partial charge in [-0.25, -0.2) is 0 Å². The van der Waals surface area contributed by atoms with Gasteiger partial charge in [0.1, 0.15) is 0 Å². The van der Waals surface area contributed by atoms with Crippen LogP contribution >= 0.6 is 15.9 Å². The highest BCUT2D eigenvalue weighted by Gasteiger charge is 2.22. The van der Waals surface area contributed by atoms with Crippen molar-refractivity contribution in [2.75, 3.05) is 17.8 Å². The van der Waals surface area contributed by atoms with E-state index in [4.69, 9.17) is 4.74 Å². The molecule has 1 aliphatic rings. The van der Waals surface area contributed by atoms with Gasteiger partial charge in [-0.1, -0.05) is 28.1 Å². The van der Waals surface area contributed by atoms with Gasteiger partial charge in [0.05, 0.1) is 11.0 Å². The van der Waals surface area contributed by atoms with Crippen molar-refractivity contribution in [3.05, 3.63) is 41.0 Å². The van der Waals surface area contributed by atoms with Gasteiger partial charge in [0, 0.05) is 24.3 Å². The summed E-state index contributed by atoms with van der Waals surface area (Å²) in [5.74, 6) is -1.68. The van der Waals surface area contributed by atoms with Crippen molar-refractivity contribution in [3.8, 4) is 11.5 Å². The van der Waals surface area contributed by atoms with Crippen LogP contribution in [0.4, 0.5) is 5.69 Å². The summed E-state index contributed by atoms with van der Waals surface area (Å²) in [4.78, 5) is 24.4. The molecule has 1 atom stereocenters. The number of benzene rings is 1. The van der Waals surface area contributed by atoms with Crippen LogP contribution in [-0.4, -0.2) is 45.7 Å². The first kappa shape index (κ1) is 19.2. The standard InChI is InChI=1S/C17H18BrNO6/c1-25-17(24)10-4-2-9(3-5-10)16(23)11-6-13(20)14(21)7-12(11)19-15(22)8-18/h2,4,6-7,17,20-21,24H,3,5,8H2,1H3,(H,19,22). The van der Waals surface area contributed by atoms with Gasteiger partial charge < -0.3 is 25.4 Å². The number of methoxy groups -OCH3 is 1. The minimum atomic E-state index is -1.01. The van der Waals surface area contributed by atoms with Gasteiger partial charge in [0.2, 0.25) is 5.91 Å². The maximum Gasteiger partial charge on any atom is 0.235 e. The highest BCUT2D eigenvalue weighted by molar-refractivity contribution is 9.09. The Kier molecular flexibility index (Phi) is 6.35. The molecule has 0 radical (unpaired) electrons. The number of alkyl halides is 1. The third-order valence-electron chi connectivity index (χ3n) is 3.77. The molecule has 134 valence electrons. The first-order valence-electron chi connectivity index (χ1n) is 7.44. The Morgan fingerprint density at radius 2 is 1.92 bits per heavy atom. The molecule has 0 aliphatic heterocycles. The molecule has 0 fully saturated rings. The van der Waals surface area contributed by atoms with Crippen molar-refractivity contribution in [2.24, 2.45) is 0 Å². The number of carbonyl (C=O) groups excluding carboxylic acids is 2. The number of hydrogen-bond donors (Lipinski definition) is 4. The summed E-state index contributed by atoms with van der Waals surface area (Å²) < 4.78 is 4.83. The number of hydrogen-bond acceptors (Lipinski definition) is 6. The average molecular weight is 412 g/mol. The number of allylic oxidation sites excluding steroid dienone is 3. The lowest BCUT2D eigenvalue weighted by Gasteiger charge is -2.18. The van der Waals surface area contributed by atoms with E-state index in [9.17, 15) is 24.9 Å². The smallest absolute Gasteiger partial charge is 0.235 e. The molecule has 7 nitrogen and oxygen atoms in total. The Bertz CT molecular complexity index is 756. The third kappa shape index (κ3) is 4.47. The lowest BCUT2D eigenvalue weighted by molar-refractivity contribution is -0.113. The SMILES string of the molecule is COC(O)C1=CC=C(C(=O)c2cc(O)c(O)cc2NC(=O)CBr)CC1. The van der Waals surface area contributed by atoms with Crippen LogP contribution in [-0.2, 0) is 9.53 Å². The molecule has 1 unspecified atom stereocenters. The fourth-order valence-electron chi connectivity index (χ4n) is 2.42. The zero-order valence-electron chi connectivity index (χ0n) is 13.5. The van der Waals surface area contributed by atoms with Crippen LogP contribution < -0.4 is 5.32 Å². The number of aromatic hydroxyl groups is 2. The fourth-order valence-corrected chi connectivity index (χ4v) is 2.56. The van der Waals surface area contributed by atoms with Gasteiger partial charge in [-0.05, 0) is 24.5 Å². The number of Topliss-reactive ketones (excluding diaryl/α,β-unsaturated/α-hetero) is 1. The van der Waals surface area contributed by atoms with Crippen molar-refractivity contribution in [3.63, 3.8) is 0 Å².